The maximum Gasteiger partial charge on any atom is 0.236 e. The van der Waals surface area contributed by atoms with E-state index in [-0.39, 0.29) is 17.7 Å². The van der Waals surface area contributed by atoms with E-state index >= 15 is 0 Å². The van der Waals surface area contributed by atoms with Gasteiger partial charge in [-0.3, -0.25) is 9.59 Å². The van der Waals surface area contributed by atoms with Crippen molar-refractivity contribution in [1.82, 2.24) is 4.98 Å². The summed E-state index contributed by atoms with van der Waals surface area (Å²) >= 11 is 3.00. The Hall–Kier alpha value is -2.51. The molecule has 2 aromatic heterocycles. The average molecular weight is 440 g/mol. The van der Waals surface area contributed by atoms with Crippen molar-refractivity contribution in [1.29, 1.82) is 0 Å². The zero-order valence-electron chi connectivity index (χ0n) is 16.9. The molecule has 0 saturated heterocycles. The third-order valence-electron chi connectivity index (χ3n) is 5.98. The van der Waals surface area contributed by atoms with Crippen LogP contribution in [0, 0.1) is 5.92 Å². The Morgan fingerprint density at radius 1 is 1.07 bits per heavy atom. The Morgan fingerprint density at radius 3 is 2.47 bits per heavy atom. The van der Waals surface area contributed by atoms with Crippen LogP contribution in [0.25, 0.3) is 0 Å². The minimum absolute atomic E-state index is 0.0150. The number of rotatable bonds is 7. The Bertz CT molecular complexity index is 978. The van der Waals surface area contributed by atoms with Gasteiger partial charge in [0.25, 0.3) is 0 Å². The lowest BCUT2D eigenvalue weighted by molar-refractivity contribution is -0.123. The molecule has 5 nitrogen and oxygen atoms in total. The molecule has 0 radical (unpaired) electrons. The molecule has 1 fully saturated rings. The van der Waals surface area contributed by atoms with Gasteiger partial charge in [0, 0.05) is 22.1 Å². The predicted octanol–water partition coefficient (Wildman–Crippen LogP) is 5.47. The molecule has 1 aliphatic carbocycles. The van der Waals surface area contributed by atoms with E-state index in [9.17, 15) is 9.59 Å². The fourth-order valence-electron chi connectivity index (χ4n) is 4.24. The second-order valence-corrected chi connectivity index (χ2v) is 9.78. The van der Waals surface area contributed by atoms with E-state index in [1.54, 1.807) is 17.5 Å². The molecule has 0 spiro atoms. The standard InChI is InChI=1S/C23H25N3O2S2/c1-23(16-5-2-3-6-16,21(28)26-22-24-12-14-30-22)17-8-10-18(11-9-17)25-20(27)15-19-7-4-13-29-19/h4,7-14,16H,2-3,5-6,15H2,1H3,(H,25,27)(H,24,26,28). The maximum atomic E-state index is 13.3. The molecule has 1 unspecified atom stereocenters. The highest BCUT2D eigenvalue weighted by Gasteiger charge is 2.44. The van der Waals surface area contributed by atoms with Crippen LogP contribution in [0.2, 0.25) is 0 Å². The molecule has 1 saturated carbocycles. The Morgan fingerprint density at radius 2 is 1.83 bits per heavy atom. The van der Waals surface area contributed by atoms with Crippen molar-refractivity contribution in [3.8, 4) is 0 Å². The zero-order valence-corrected chi connectivity index (χ0v) is 18.5. The fourth-order valence-corrected chi connectivity index (χ4v) is 5.47. The smallest absolute Gasteiger partial charge is 0.236 e. The average Bonchev–Trinajstić information content (AvgIpc) is 3.51. The molecule has 156 valence electrons. The van der Waals surface area contributed by atoms with Crippen LogP contribution in [0.4, 0.5) is 10.8 Å². The second-order valence-electron chi connectivity index (χ2n) is 7.86. The minimum Gasteiger partial charge on any atom is -0.326 e. The topological polar surface area (TPSA) is 71.1 Å². The monoisotopic (exact) mass is 439 g/mol. The Balaban J connectivity index is 1.52. The first kappa shape index (κ1) is 20.8. The summed E-state index contributed by atoms with van der Waals surface area (Å²) in [5, 5.41) is 10.4. The van der Waals surface area contributed by atoms with Crippen molar-refractivity contribution >= 4 is 45.3 Å². The lowest BCUT2D eigenvalue weighted by Gasteiger charge is -2.34. The molecule has 1 atom stereocenters. The van der Waals surface area contributed by atoms with Crippen molar-refractivity contribution in [3.05, 3.63) is 63.8 Å². The van der Waals surface area contributed by atoms with Crippen LogP contribution in [0.1, 0.15) is 43.0 Å². The summed E-state index contributed by atoms with van der Waals surface area (Å²) in [5.41, 5.74) is 1.08. The zero-order chi connectivity index (χ0) is 21.0. The van der Waals surface area contributed by atoms with Gasteiger partial charge in [-0.2, -0.15) is 0 Å². The van der Waals surface area contributed by atoms with Gasteiger partial charge < -0.3 is 10.6 Å². The number of anilines is 2. The highest BCUT2D eigenvalue weighted by atomic mass is 32.1. The van der Waals surface area contributed by atoms with E-state index in [1.165, 1.54) is 11.3 Å². The number of carbonyl (C=O) groups is 2. The molecule has 2 amide bonds. The summed E-state index contributed by atoms with van der Waals surface area (Å²) in [6, 6.07) is 11.6. The van der Waals surface area contributed by atoms with E-state index < -0.39 is 5.41 Å². The molecule has 2 N–H and O–H groups in total. The van der Waals surface area contributed by atoms with Crippen LogP contribution in [-0.4, -0.2) is 16.8 Å². The fraction of sp³-hybridized carbons (Fsp3) is 0.348. The number of nitrogens with one attached hydrogen (secondary N) is 2. The lowest BCUT2D eigenvalue weighted by Crippen LogP contribution is -2.43. The molecular weight excluding hydrogens is 414 g/mol. The highest BCUT2D eigenvalue weighted by Crippen LogP contribution is 2.43. The van der Waals surface area contributed by atoms with Crippen LogP contribution in [-0.2, 0) is 21.4 Å². The minimum atomic E-state index is -0.637. The molecule has 1 aliphatic rings. The number of carbonyl (C=O) groups excluding carboxylic acids is 2. The van der Waals surface area contributed by atoms with Crippen LogP contribution in [0.15, 0.2) is 53.4 Å². The number of nitrogens with zero attached hydrogens (tertiary/aromatic N) is 1. The van der Waals surface area contributed by atoms with Crippen molar-refractivity contribution in [2.75, 3.05) is 10.6 Å². The molecule has 2 heterocycles. The van der Waals surface area contributed by atoms with Gasteiger partial charge in [-0.1, -0.05) is 31.0 Å². The van der Waals surface area contributed by atoms with Gasteiger partial charge in [0.1, 0.15) is 0 Å². The van der Waals surface area contributed by atoms with Gasteiger partial charge >= 0.3 is 0 Å². The first-order chi connectivity index (χ1) is 14.6. The Labute approximate surface area is 184 Å². The van der Waals surface area contributed by atoms with E-state index in [1.807, 2.05) is 54.1 Å². The van der Waals surface area contributed by atoms with Crippen molar-refractivity contribution in [2.45, 2.75) is 44.4 Å². The lowest BCUT2D eigenvalue weighted by atomic mass is 9.70. The molecule has 3 aromatic rings. The quantitative estimate of drug-likeness (QED) is 0.513. The summed E-state index contributed by atoms with van der Waals surface area (Å²) in [6.07, 6.45) is 6.46. The number of hydrogen-bond acceptors (Lipinski definition) is 5. The molecule has 30 heavy (non-hydrogen) atoms. The summed E-state index contributed by atoms with van der Waals surface area (Å²) in [5.74, 6) is 0.237. The van der Waals surface area contributed by atoms with E-state index in [0.717, 1.165) is 41.8 Å². The van der Waals surface area contributed by atoms with Gasteiger partial charge in [-0.05, 0) is 54.8 Å². The number of thiazole rings is 1. The van der Waals surface area contributed by atoms with Gasteiger partial charge in [0.15, 0.2) is 5.13 Å². The summed E-state index contributed by atoms with van der Waals surface area (Å²) < 4.78 is 0. The van der Waals surface area contributed by atoms with Crippen LogP contribution >= 0.6 is 22.7 Å². The molecule has 0 aliphatic heterocycles. The first-order valence-electron chi connectivity index (χ1n) is 10.2. The van der Waals surface area contributed by atoms with Crippen molar-refractivity contribution < 1.29 is 9.59 Å². The van der Waals surface area contributed by atoms with Crippen molar-refractivity contribution in [3.63, 3.8) is 0 Å². The number of amides is 2. The molecular formula is C23H25N3O2S2. The molecule has 1 aromatic carbocycles. The Kier molecular flexibility index (Phi) is 6.29. The number of thiophene rings is 1. The van der Waals surface area contributed by atoms with Gasteiger partial charge in [0.2, 0.25) is 11.8 Å². The number of hydrogen-bond donors (Lipinski definition) is 2. The molecule has 4 rings (SSSR count). The summed E-state index contributed by atoms with van der Waals surface area (Å²) in [4.78, 5) is 30.9. The SMILES string of the molecule is CC(C(=O)Nc1nccs1)(c1ccc(NC(=O)Cc2cccs2)cc1)C1CCCC1. The predicted molar refractivity (Wildman–Crippen MR) is 123 cm³/mol. The van der Waals surface area contributed by atoms with Gasteiger partial charge in [0.05, 0.1) is 11.8 Å². The van der Waals surface area contributed by atoms with Crippen LogP contribution in [0.5, 0.6) is 0 Å². The second kappa shape index (κ2) is 9.10. The highest BCUT2D eigenvalue weighted by molar-refractivity contribution is 7.13. The maximum absolute atomic E-state index is 13.3. The van der Waals surface area contributed by atoms with E-state index in [0.29, 0.717) is 11.6 Å². The van der Waals surface area contributed by atoms with Crippen LogP contribution in [0.3, 0.4) is 0 Å². The molecule has 7 heteroatoms. The normalized spacial score (nSPS) is 16.2. The summed E-state index contributed by atoms with van der Waals surface area (Å²) in [6.45, 7) is 2.04. The van der Waals surface area contributed by atoms with Gasteiger partial charge in [-0.15, -0.1) is 22.7 Å². The first-order valence-corrected chi connectivity index (χ1v) is 12.0. The number of benzene rings is 1. The largest absolute Gasteiger partial charge is 0.326 e. The third kappa shape index (κ3) is 4.47. The van der Waals surface area contributed by atoms with E-state index in [2.05, 4.69) is 15.6 Å². The van der Waals surface area contributed by atoms with Gasteiger partial charge in [-0.25, -0.2) is 4.98 Å². The van der Waals surface area contributed by atoms with Crippen LogP contribution < -0.4 is 10.6 Å². The van der Waals surface area contributed by atoms with E-state index in [4.69, 9.17) is 0 Å². The third-order valence-corrected chi connectivity index (χ3v) is 7.54. The molecule has 0 bridgehead atoms. The van der Waals surface area contributed by atoms with Crippen molar-refractivity contribution in [2.24, 2.45) is 5.92 Å². The number of aromatic nitrogens is 1. The summed E-state index contributed by atoms with van der Waals surface area (Å²) in [7, 11) is 0.